The zero-order chi connectivity index (χ0) is 20.9. The summed E-state index contributed by atoms with van der Waals surface area (Å²) in [4.78, 5) is 17.8. The first-order chi connectivity index (χ1) is 14.7. The van der Waals surface area contributed by atoms with E-state index in [9.17, 15) is 9.18 Å². The predicted octanol–water partition coefficient (Wildman–Crippen LogP) is 3.90. The molecule has 2 saturated heterocycles. The maximum Gasteiger partial charge on any atom is 0.276 e. The summed E-state index contributed by atoms with van der Waals surface area (Å²) < 4.78 is 15.0. The van der Waals surface area contributed by atoms with Crippen LogP contribution in [0.4, 0.5) is 4.39 Å². The van der Waals surface area contributed by atoms with Crippen molar-refractivity contribution in [1.82, 2.24) is 24.8 Å². The molecule has 1 aromatic carbocycles. The minimum absolute atomic E-state index is 0.0127. The first-order valence-electron chi connectivity index (χ1n) is 11.4. The van der Waals surface area contributed by atoms with Crippen LogP contribution < -0.4 is 0 Å². The minimum Gasteiger partial charge on any atom is -0.334 e. The lowest BCUT2D eigenvalue weighted by Gasteiger charge is -2.36. The number of carbonyl (C=O) groups excluding carboxylic acids is 1. The van der Waals surface area contributed by atoms with Gasteiger partial charge in [-0.15, -0.1) is 5.10 Å². The standard InChI is InChI=1S/C23H32FN5O/c1-2-22(18-8-10-19(24)11-9-18)29-17-21(25-26-29)23(30)28-15-4-3-7-20(28)12-16-27-13-5-6-14-27/h8-11,17,20,22H,2-7,12-16H2,1H3/t20-,22-/m1/s1. The fraction of sp³-hybridized carbons (Fsp3) is 0.609. The number of hydrogen-bond donors (Lipinski definition) is 0. The molecule has 0 saturated carbocycles. The van der Waals surface area contributed by atoms with Crippen molar-refractivity contribution in [2.24, 2.45) is 0 Å². The van der Waals surface area contributed by atoms with E-state index in [4.69, 9.17) is 0 Å². The first kappa shape index (κ1) is 21.0. The van der Waals surface area contributed by atoms with Crippen LogP contribution in [0.1, 0.15) is 74.0 Å². The number of rotatable bonds is 7. The van der Waals surface area contributed by atoms with Crippen molar-refractivity contribution in [3.05, 3.63) is 47.5 Å². The Hall–Kier alpha value is -2.28. The Morgan fingerprint density at radius 2 is 1.87 bits per heavy atom. The second kappa shape index (κ2) is 9.69. The topological polar surface area (TPSA) is 54.3 Å². The Bertz CT molecular complexity index is 830. The van der Waals surface area contributed by atoms with Gasteiger partial charge in [-0.05, 0) is 75.7 Å². The molecular weight excluding hydrogens is 381 g/mol. The molecule has 3 heterocycles. The summed E-state index contributed by atoms with van der Waals surface area (Å²) in [7, 11) is 0. The van der Waals surface area contributed by atoms with Gasteiger partial charge in [0.1, 0.15) is 5.82 Å². The van der Waals surface area contributed by atoms with E-state index in [2.05, 4.69) is 22.1 Å². The van der Waals surface area contributed by atoms with Crippen LogP contribution in [0.3, 0.4) is 0 Å². The van der Waals surface area contributed by atoms with Crippen molar-refractivity contribution in [1.29, 1.82) is 0 Å². The molecule has 1 amide bonds. The molecule has 2 fully saturated rings. The molecule has 0 radical (unpaired) electrons. The molecule has 2 atom stereocenters. The normalized spacial score (nSPS) is 21.1. The molecule has 2 aliphatic heterocycles. The molecule has 0 N–H and O–H groups in total. The monoisotopic (exact) mass is 413 g/mol. The average Bonchev–Trinajstić information content (AvgIpc) is 3.46. The molecule has 0 bridgehead atoms. The van der Waals surface area contributed by atoms with Gasteiger partial charge in [0.15, 0.2) is 5.69 Å². The number of likely N-dealkylation sites (tertiary alicyclic amines) is 2. The summed E-state index contributed by atoms with van der Waals surface area (Å²) in [6.07, 6.45) is 9.47. The number of hydrogen-bond acceptors (Lipinski definition) is 4. The van der Waals surface area contributed by atoms with Crippen molar-refractivity contribution in [3.8, 4) is 0 Å². The third kappa shape index (κ3) is 4.72. The molecular formula is C23H32FN5O. The van der Waals surface area contributed by atoms with E-state index in [1.165, 1.54) is 44.5 Å². The van der Waals surface area contributed by atoms with Gasteiger partial charge in [-0.1, -0.05) is 24.3 Å². The maximum atomic E-state index is 13.3. The SMILES string of the molecule is CC[C@H](c1ccc(F)cc1)n1cc(C(=O)N2CCCC[C@@H]2CCN2CCCC2)nn1. The highest BCUT2D eigenvalue weighted by atomic mass is 19.1. The van der Waals surface area contributed by atoms with Crippen molar-refractivity contribution < 1.29 is 9.18 Å². The number of piperidine rings is 1. The lowest BCUT2D eigenvalue weighted by molar-refractivity contribution is 0.0581. The highest BCUT2D eigenvalue weighted by molar-refractivity contribution is 5.92. The van der Waals surface area contributed by atoms with Crippen molar-refractivity contribution >= 4 is 5.91 Å². The molecule has 2 aromatic rings. The van der Waals surface area contributed by atoms with Gasteiger partial charge >= 0.3 is 0 Å². The molecule has 0 unspecified atom stereocenters. The molecule has 6 nitrogen and oxygen atoms in total. The van der Waals surface area contributed by atoms with E-state index in [-0.39, 0.29) is 23.8 Å². The number of amides is 1. The van der Waals surface area contributed by atoms with E-state index in [1.54, 1.807) is 23.0 Å². The van der Waals surface area contributed by atoms with E-state index in [0.29, 0.717) is 5.69 Å². The minimum atomic E-state index is -0.256. The summed E-state index contributed by atoms with van der Waals surface area (Å²) in [6.45, 7) is 6.30. The van der Waals surface area contributed by atoms with Gasteiger partial charge in [0, 0.05) is 19.1 Å². The third-order valence-electron chi connectivity index (χ3n) is 6.56. The summed E-state index contributed by atoms with van der Waals surface area (Å²) >= 11 is 0. The largest absolute Gasteiger partial charge is 0.334 e. The third-order valence-corrected chi connectivity index (χ3v) is 6.56. The highest BCUT2D eigenvalue weighted by Crippen LogP contribution is 2.25. The quantitative estimate of drug-likeness (QED) is 0.691. The van der Waals surface area contributed by atoms with E-state index >= 15 is 0 Å². The lowest BCUT2D eigenvalue weighted by atomic mass is 9.98. The summed E-state index contributed by atoms with van der Waals surface area (Å²) in [6, 6.07) is 6.68. The Labute approximate surface area is 178 Å². The summed E-state index contributed by atoms with van der Waals surface area (Å²) in [5, 5.41) is 8.47. The molecule has 2 aliphatic rings. The van der Waals surface area contributed by atoms with Crippen LogP contribution in [0.15, 0.2) is 30.5 Å². The average molecular weight is 414 g/mol. The van der Waals surface area contributed by atoms with E-state index < -0.39 is 0 Å². The van der Waals surface area contributed by atoms with Gasteiger partial charge in [-0.25, -0.2) is 9.07 Å². The maximum absolute atomic E-state index is 13.3. The number of carbonyl (C=O) groups is 1. The Kier molecular flexibility index (Phi) is 6.77. The number of nitrogens with zero attached hydrogens (tertiary/aromatic N) is 5. The second-order valence-electron chi connectivity index (χ2n) is 8.54. The molecule has 162 valence electrons. The van der Waals surface area contributed by atoms with Crippen molar-refractivity contribution in [2.75, 3.05) is 26.2 Å². The fourth-order valence-corrected chi connectivity index (χ4v) is 4.84. The first-order valence-corrected chi connectivity index (χ1v) is 11.4. The zero-order valence-corrected chi connectivity index (χ0v) is 17.8. The van der Waals surface area contributed by atoms with Crippen LogP contribution in [0.5, 0.6) is 0 Å². The zero-order valence-electron chi connectivity index (χ0n) is 17.8. The van der Waals surface area contributed by atoms with Crippen LogP contribution in [-0.2, 0) is 0 Å². The molecule has 1 aromatic heterocycles. The fourth-order valence-electron chi connectivity index (χ4n) is 4.84. The van der Waals surface area contributed by atoms with Crippen LogP contribution in [-0.4, -0.2) is 62.9 Å². The predicted molar refractivity (Wildman–Crippen MR) is 114 cm³/mol. The van der Waals surface area contributed by atoms with Gasteiger partial charge in [0.05, 0.1) is 12.2 Å². The molecule has 0 spiro atoms. The van der Waals surface area contributed by atoms with Crippen molar-refractivity contribution in [2.45, 2.75) is 64.0 Å². The second-order valence-corrected chi connectivity index (χ2v) is 8.54. The van der Waals surface area contributed by atoms with Crippen LogP contribution >= 0.6 is 0 Å². The van der Waals surface area contributed by atoms with Crippen LogP contribution in [0, 0.1) is 5.82 Å². The Morgan fingerprint density at radius 3 is 2.60 bits per heavy atom. The molecule has 0 aliphatic carbocycles. The van der Waals surface area contributed by atoms with Crippen molar-refractivity contribution in [3.63, 3.8) is 0 Å². The van der Waals surface area contributed by atoms with Gasteiger partial charge in [-0.3, -0.25) is 4.79 Å². The van der Waals surface area contributed by atoms with Gasteiger partial charge < -0.3 is 9.80 Å². The number of benzene rings is 1. The summed E-state index contributed by atoms with van der Waals surface area (Å²) in [5.41, 5.74) is 1.37. The van der Waals surface area contributed by atoms with Crippen LogP contribution in [0.25, 0.3) is 0 Å². The van der Waals surface area contributed by atoms with E-state index in [0.717, 1.165) is 44.3 Å². The smallest absolute Gasteiger partial charge is 0.276 e. The van der Waals surface area contributed by atoms with Crippen LogP contribution in [0.2, 0.25) is 0 Å². The van der Waals surface area contributed by atoms with Gasteiger partial charge in [0.2, 0.25) is 0 Å². The van der Waals surface area contributed by atoms with E-state index in [1.807, 2.05) is 4.90 Å². The lowest BCUT2D eigenvalue weighted by Crippen LogP contribution is -2.45. The highest BCUT2D eigenvalue weighted by Gasteiger charge is 2.30. The molecule has 7 heteroatoms. The number of aromatic nitrogens is 3. The Morgan fingerprint density at radius 1 is 1.13 bits per heavy atom. The number of halogens is 1. The molecule has 30 heavy (non-hydrogen) atoms. The van der Waals surface area contributed by atoms with Gasteiger partial charge in [0.25, 0.3) is 5.91 Å². The Balaban J connectivity index is 1.45. The summed E-state index contributed by atoms with van der Waals surface area (Å²) in [5.74, 6) is -0.269. The molecule has 4 rings (SSSR count). The van der Waals surface area contributed by atoms with Gasteiger partial charge in [-0.2, -0.15) is 0 Å².